The number of ether oxygens (including phenoxy) is 1. The van der Waals surface area contributed by atoms with Crippen LogP contribution in [0.15, 0.2) is 30.3 Å². The highest BCUT2D eigenvalue weighted by Crippen LogP contribution is 2.27. The second-order valence-corrected chi connectivity index (χ2v) is 7.18. The van der Waals surface area contributed by atoms with Gasteiger partial charge in [-0.25, -0.2) is 4.98 Å². The molecule has 0 saturated carbocycles. The number of benzene rings is 1. The van der Waals surface area contributed by atoms with Crippen LogP contribution in [0.2, 0.25) is 0 Å². The first-order valence-electron chi connectivity index (χ1n) is 8.92. The maximum atomic E-state index is 13.0. The number of nitrogens with zero attached hydrogens (tertiary/aromatic N) is 4. The number of rotatable bonds is 3. The molecule has 1 fully saturated rings. The summed E-state index contributed by atoms with van der Waals surface area (Å²) in [5.41, 5.74) is 1.24. The number of nitrogens with one attached hydrogen (secondary N) is 1. The van der Waals surface area contributed by atoms with Gasteiger partial charge in [0.1, 0.15) is 17.3 Å². The van der Waals surface area contributed by atoms with Crippen molar-refractivity contribution in [3.8, 4) is 5.75 Å². The number of hydrogen-bond donors (Lipinski definition) is 1. The summed E-state index contributed by atoms with van der Waals surface area (Å²) in [5.74, 6) is 1.80. The summed E-state index contributed by atoms with van der Waals surface area (Å²) in [5, 5.41) is 8.12. The van der Waals surface area contributed by atoms with Gasteiger partial charge in [-0.1, -0.05) is 6.07 Å². The molecule has 1 amide bonds. The molecule has 1 aliphatic rings. The molecule has 27 heavy (non-hydrogen) atoms. The van der Waals surface area contributed by atoms with Crippen LogP contribution in [-0.4, -0.2) is 50.8 Å². The molecular weight excluding hydrogens is 362 g/mol. The van der Waals surface area contributed by atoms with Crippen molar-refractivity contribution in [3.63, 3.8) is 0 Å². The molecule has 2 aromatic heterocycles. The zero-order chi connectivity index (χ0) is 19.0. The van der Waals surface area contributed by atoms with Crippen LogP contribution in [0.1, 0.15) is 35.1 Å². The van der Waals surface area contributed by atoms with Gasteiger partial charge in [0, 0.05) is 31.4 Å². The van der Waals surface area contributed by atoms with E-state index in [0.717, 1.165) is 41.9 Å². The number of carbonyl (C=O) groups excluding carboxylic acids is 1. The van der Waals surface area contributed by atoms with Crippen LogP contribution in [0.5, 0.6) is 5.75 Å². The van der Waals surface area contributed by atoms with E-state index in [1.54, 1.807) is 13.2 Å². The summed E-state index contributed by atoms with van der Waals surface area (Å²) >= 11 is 5.21. The molecule has 0 spiro atoms. The SMILES string of the molecule is COc1ccc2nc(C(=O)N3CCCC(c4n[nH]c(=S)n4C)C3)ccc2c1. The van der Waals surface area contributed by atoms with Crippen LogP contribution < -0.4 is 4.74 Å². The summed E-state index contributed by atoms with van der Waals surface area (Å²) in [7, 11) is 3.54. The number of fused-ring (bicyclic) bond motifs is 1. The number of H-pyrrole nitrogens is 1. The van der Waals surface area contributed by atoms with E-state index in [1.165, 1.54) is 0 Å². The molecule has 8 heteroatoms. The molecule has 1 saturated heterocycles. The van der Waals surface area contributed by atoms with Crippen LogP contribution in [-0.2, 0) is 7.05 Å². The van der Waals surface area contributed by atoms with Crippen LogP contribution >= 0.6 is 12.2 Å². The summed E-state index contributed by atoms with van der Waals surface area (Å²) in [6.45, 7) is 1.35. The smallest absolute Gasteiger partial charge is 0.272 e. The average Bonchev–Trinajstić information content (AvgIpc) is 3.05. The standard InChI is InChI=1S/C19H21N5O2S/c1-23-17(21-22-19(23)27)13-4-3-9-24(11-13)18(25)16-7-5-12-10-14(26-2)6-8-15(12)20-16/h5-8,10,13H,3-4,9,11H2,1-2H3,(H,22,27). The van der Waals surface area contributed by atoms with E-state index >= 15 is 0 Å². The molecule has 1 unspecified atom stereocenters. The fourth-order valence-corrected chi connectivity index (χ4v) is 3.75. The van der Waals surface area contributed by atoms with Crippen molar-refractivity contribution in [3.05, 3.63) is 46.6 Å². The highest BCUT2D eigenvalue weighted by atomic mass is 32.1. The fourth-order valence-electron chi connectivity index (χ4n) is 3.61. The molecule has 4 rings (SSSR count). The van der Waals surface area contributed by atoms with Gasteiger partial charge < -0.3 is 14.2 Å². The van der Waals surface area contributed by atoms with Crippen LogP contribution in [0.4, 0.5) is 0 Å². The van der Waals surface area contributed by atoms with Crippen LogP contribution in [0, 0.1) is 4.77 Å². The second-order valence-electron chi connectivity index (χ2n) is 6.79. The van der Waals surface area contributed by atoms with Gasteiger partial charge in [-0.15, -0.1) is 0 Å². The maximum absolute atomic E-state index is 13.0. The van der Waals surface area contributed by atoms with E-state index < -0.39 is 0 Å². The first-order chi connectivity index (χ1) is 13.1. The minimum absolute atomic E-state index is 0.0470. The van der Waals surface area contributed by atoms with Crippen molar-refractivity contribution in [2.45, 2.75) is 18.8 Å². The number of pyridine rings is 1. The summed E-state index contributed by atoms with van der Waals surface area (Å²) < 4.78 is 7.72. The minimum Gasteiger partial charge on any atom is -0.497 e. The largest absolute Gasteiger partial charge is 0.497 e. The lowest BCUT2D eigenvalue weighted by atomic mass is 9.97. The molecule has 7 nitrogen and oxygen atoms in total. The topological polar surface area (TPSA) is 76.0 Å². The second kappa shape index (κ2) is 7.11. The Kier molecular flexibility index (Phi) is 4.65. The third-order valence-electron chi connectivity index (χ3n) is 5.10. The molecule has 1 atom stereocenters. The maximum Gasteiger partial charge on any atom is 0.272 e. The quantitative estimate of drug-likeness (QED) is 0.704. The predicted octanol–water partition coefficient (Wildman–Crippen LogP) is 3.05. The molecule has 1 aromatic carbocycles. The Balaban J connectivity index is 1.57. The van der Waals surface area contributed by atoms with Gasteiger partial charge in [-0.05, 0) is 49.3 Å². The van der Waals surface area contributed by atoms with E-state index in [-0.39, 0.29) is 11.8 Å². The molecular formula is C19H21N5O2S. The Morgan fingerprint density at radius 2 is 2.19 bits per heavy atom. The number of hydrogen-bond acceptors (Lipinski definition) is 5. The van der Waals surface area contributed by atoms with Crippen LogP contribution in [0.25, 0.3) is 10.9 Å². The summed E-state index contributed by atoms with van der Waals surface area (Å²) in [4.78, 5) is 19.4. The number of aromatic amines is 1. The van der Waals surface area contributed by atoms with E-state index in [2.05, 4.69) is 15.2 Å². The van der Waals surface area contributed by atoms with Crippen LogP contribution in [0.3, 0.4) is 0 Å². The lowest BCUT2D eigenvalue weighted by Gasteiger charge is -2.32. The van der Waals surface area contributed by atoms with Gasteiger partial charge in [0.25, 0.3) is 5.91 Å². The molecule has 140 valence electrons. The predicted molar refractivity (Wildman–Crippen MR) is 105 cm³/mol. The van der Waals surface area contributed by atoms with Gasteiger partial charge in [0.05, 0.1) is 12.6 Å². The molecule has 1 aliphatic heterocycles. The van der Waals surface area contributed by atoms with Crippen molar-refractivity contribution in [2.75, 3.05) is 20.2 Å². The molecule has 0 bridgehead atoms. The van der Waals surface area contributed by atoms with Crippen molar-refractivity contribution in [2.24, 2.45) is 7.05 Å². The van der Waals surface area contributed by atoms with E-state index in [1.807, 2.05) is 40.8 Å². The lowest BCUT2D eigenvalue weighted by Crippen LogP contribution is -2.40. The van der Waals surface area contributed by atoms with Gasteiger partial charge in [-0.3, -0.25) is 9.89 Å². The molecule has 0 aliphatic carbocycles. The van der Waals surface area contributed by atoms with Crippen molar-refractivity contribution in [1.29, 1.82) is 0 Å². The van der Waals surface area contributed by atoms with Gasteiger partial charge in [0.15, 0.2) is 4.77 Å². The van der Waals surface area contributed by atoms with Crippen molar-refractivity contribution < 1.29 is 9.53 Å². The number of aromatic nitrogens is 4. The lowest BCUT2D eigenvalue weighted by molar-refractivity contribution is 0.0698. The Hall–Kier alpha value is -2.74. The zero-order valence-electron chi connectivity index (χ0n) is 15.3. The highest BCUT2D eigenvalue weighted by molar-refractivity contribution is 7.71. The molecule has 3 aromatic rings. The van der Waals surface area contributed by atoms with Gasteiger partial charge in [0.2, 0.25) is 0 Å². The number of amides is 1. The molecule has 1 N–H and O–H groups in total. The third kappa shape index (κ3) is 3.32. The minimum atomic E-state index is -0.0470. The number of likely N-dealkylation sites (tertiary alicyclic amines) is 1. The average molecular weight is 383 g/mol. The van der Waals surface area contributed by atoms with E-state index in [0.29, 0.717) is 17.0 Å². The van der Waals surface area contributed by atoms with Gasteiger partial charge in [-0.2, -0.15) is 5.10 Å². The van der Waals surface area contributed by atoms with E-state index in [4.69, 9.17) is 17.0 Å². The molecule has 0 radical (unpaired) electrons. The zero-order valence-corrected chi connectivity index (χ0v) is 16.1. The number of piperidine rings is 1. The summed E-state index contributed by atoms with van der Waals surface area (Å²) in [6, 6.07) is 9.33. The number of carbonyl (C=O) groups is 1. The Morgan fingerprint density at radius 1 is 1.33 bits per heavy atom. The fraction of sp³-hybridized carbons (Fsp3) is 0.368. The van der Waals surface area contributed by atoms with Crippen molar-refractivity contribution >= 4 is 29.0 Å². The Bertz CT molecular complexity index is 1060. The Labute approximate surface area is 162 Å². The molecule has 3 heterocycles. The number of methoxy groups -OCH3 is 1. The normalized spacial score (nSPS) is 17.3. The first-order valence-corrected chi connectivity index (χ1v) is 9.33. The van der Waals surface area contributed by atoms with Gasteiger partial charge >= 0.3 is 0 Å². The monoisotopic (exact) mass is 383 g/mol. The summed E-state index contributed by atoms with van der Waals surface area (Å²) in [6.07, 6.45) is 1.92. The Morgan fingerprint density at radius 3 is 2.93 bits per heavy atom. The van der Waals surface area contributed by atoms with Crippen molar-refractivity contribution in [1.82, 2.24) is 24.6 Å². The van der Waals surface area contributed by atoms with E-state index in [9.17, 15) is 4.79 Å². The third-order valence-corrected chi connectivity index (χ3v) is 5.47. The highest BCUT2D eigenvalue weighted by Gasteiger charge is 2.28. The first kappa shape index (κ1) is 17.7.